The van der Waals surface area contributed by atoms with E-state index in [0.717, 1.165) is 51.4 Å². The second-order valence-electron chi connectivity index (χ2n) is 12.1. The quantitative estimate of drug-likeness (QED) is 0.0417. The SMILES string of the molecule is CCCCCCC/C=C\CCCCCCCC(=O)NC(CS(=O)(=O)O)C(O)CCCCCCCCCCCCCC. The highest BCUT2D eigenvalue weighted by molar-refractivity contribution is 7.85. The maximum atomic E-state index is 12.4. The van der Waals surface area contributed by atoms with Gasteiger partial charge in [-0.05, 0) is 38.5 Å². The van der Waals surface area contributed by atoms with Crippen LogP contribution in [-0.4, -0.2) is 41.9 Å². The molecule has 3 N–H and O–H groups in total. The Morgan fingerprint density at radius 3 is 1.46 bits per heavy atom. The number of hydrogen-bond acceptors (Lipinski definition) is 4. The maximum Gasteiger partial charge on any atom is 0.266 e. The summed E-state index contributed by atoms with van der Waals surface area (Å²) in [6.07, 6.45) is 32.9. The van der Waals surface area contributed by atoms with Crippen molar-refractivity contribution in [1.29, 1.82) is 0 Å². The van der Waals surface area contributed by atoms with Crippen molar-refractivity contribution in [2.45, 2.75) is 193 Å². The minimum absolute atomic E-state index is 0.255. The van der Waals surface area contributed by atoms with Crippen molar-refractivity contribution in [3.05, 3.63) is 12.2 Å². The lowest BCUT2D eigenvalue weighted by molar-refractivity contribution is -0.122. The predicted octanol–water partition coefficient (Wildman–Crippen LogP) is 9.46. The Bertz CT molecular complexity index is 710. The Hall–Kier alpha value is -0.920. The van der Waals surface area contributed by atoms with E-state index in [1.54, 1.807) is 0 Å². The van der Waals surface area contributed by atoms with Crippen LogP contribution < -0.4 is 5.32 Å². The Kier molecular flexibility index (Phi) is 28.5. The van der Waals surface area contributed by atoms with Crippen LogP contribution in [0.25, 0.3) is 0 Å². The summed E-state index contributed by atoms with van der Waals surface area (Å²) in [7, 11) is -4.30. The zero-order valence-electron chi connectivity index (χ0n) is 26.9. The van der Waals surface area contributed by atoms with Gasteiger partial charge >= 0.3 is 0 Å². The maximum absolute atomic E-state index is 12.4. The van der Waals surface area contributed by atoms with Gasteiger partial charge in [0.1, 0.15) is 0 Å². The van der Waals surface area contributed by atoms with Crippen LogP contribution in [-0.2, 0) is 14.9 Å². The fourth-order valence-electron chi connectivity index (χ4n) is 5.33. The van der Waals surface area contributed by atoms with Gasteiger partial charge in [0.15, 0.2) is 0 Å². The third-order valence-electron chi connectivity index (χ3n) is 7.97. The van der Waals surface area contributed by atoms with Crippen LogP contribution >= 0.6 is 0 Å². The molecular formula is C34H67NO5S. The number of aliphatic hydroxyl groups excluding tert-OH is 1. The van der Waals surface area contributed by atoms with E-state index in [1.165, 1.54) is 103 Å². The van der Waals surface area contributed by atoms with Crippen LogP contribution in [0.1, 0.15) is 181 Å². The van der Waals surface area contributed by atoms with Crippen LogP contribution in [0.3, 0.4) is 0 Å². The first-order valence-electron chi connectivity index (χ1n) is 17.4. The van der Waals surface area contributed by atoms with Gasteiger partial charge in [-0.25, -0.2) is 0 Å². The van der Waals surface area contributed by atoms with E-state index in [1.807, 2.05) is 0 Å². The predicted molar refractivity (Wildman–Crippen MR) is 175 cm³/mol. The lowest BCUT2D eigenvalue weighted by atomic mass is 10.0. The Morgan fingerprint density at radius 1 is 0.634 bits per heavy atom. The van der Waals surface area contributed by atoms with Gasteiger partial charge in [-0.15, -0.1) is 0 Å². The monoisotopic (exact) mass is 601 g/mol. The molecule has 244 valence electrons. The Morgan fingerprint density at radius 2 is 1.02 bits per heavy atom. The molecule has 6 nitrogen and oxygen atoms in total. The topological polar surface area (TPSA) is 104 Å². The molecule has 0 fully saturated rings. The fraction of sp³-hybridized carbons (Fsp3) is 0.912. The second kappa shape index (κ2) is 29.2. The number of allylic oxidation sites excluding steroid dienone is 2. The molecule has 0 radical (unpaired) electrons. The van der Waals surface area contributed by atoms with Gasteiger partial charge in [0, 0.05) is 6.42 Å². The molecule has 0 rings (SSSR count). The molecule has 0 aliphatic carbocycles. The third kappa shape index (κ3) is 30.3. The molecule has 0 saturated heterocycles. The van der Waals surface area contributed by atoms with Crippen molar-refractivity contribution in [3.63, 3.8) is 0 Å². The molecular weight excluding hydrogens is 534 g/mol. The first-order valence-corrected chi connectivity index (χ1v) is 19.0. The van der Waals surface area contributed by atoms with E-state index in [4.69, 9.17) is 0 Å². The first kappa shape index (κ1) is 40.1. The number of carbonyl (C=O) groups excluding carboxylic acids is 1. The zero-order valence-corrected chi connectivity index (χ0v) is 27.7. The van der Waals surface area contributed by atoms with Crippen molar-refractivity contribution in [2.75, 3.05) is 5.75 Å². The highest BCUT2D eigenvalue weighted by atomic mass is 32.2. The van der Waals surface area contributed by atoms with Crippen LogP contribution in [0.4, 0.5) is 0 Å². The summed E-state index contributed by atoms with van der Waals surface area (Å²) in [5.41, 5.74) is 0. The molecule has 0 aliphatic rings. The van der Waals surface area contributed by atoms with Crippen LogP contribution in [0.5, 0.6) is 0 Å². The van der Waals surface area contributed by atoms with E-state index in [2.05, 4.69) is 31.3 Å². The average molecular weight is 602 g/mol. The van der Waals surface area contributed by atoms with Crippen molar-refractivity contribution in [2.24, 2.45) is 0 Å². The number of aliphatic hydroxyl groups is 1. The minimum atomic E-state index is -4.30. The molecule has 7 heteroatoms. The van der Waals surface area contributed by atoms with Crippen molar-refractivity contribution in [3.8, 4) is 0 Å². The normalized spacial score (nSPS) is 13.6. The summed E-state index contributed by atoms with van der Waals surface area (Å²) in [6, 6.07) is -0.969. The number of carbonyl (C=O) groups is 1. The van der Waals surface area contributed by atoms with Crippen LogP contribution in [0.2, 0.25) is 0 Å². The molecule has 0 heterocycles. The van der Waals surface area contributed by atoms with E-state index < -0.39 is 28.0 Å². The van der Waals surface area contributed by atoms with Gasteiger partial charge in [-0.2, -0.15) is 8.42 Å². The van der Waals surface area contributed by atoms with Gasteiger partial charge in [-0.3, -0.25) is 9.35 Å². The molecule has 0 aromatic heterocycles. The van der Waals surface area contributed by atoms with E-state index >= 15 is 0 Å². The van der Waals surface area contributed by atoms with Crippen LogP contribution in [0.15, 0.2) is 12.2 Å². The highest BCUT2D eigenvalue weighted by Gasteiger charge is 2.26. The average Bonchev–Trinajstić information content (AvgIpc) is 2.92. The van der Waals surface area contributed by atoms with Gasteiger partial charge < -0.3 is 10.4 Å². The summed E-state index contributed by atoms with van der Waals surface area (Å²) < 4.78 is 32.3. The molecule has 1 amide bonds. The Balaban J connectivity index is 3.96. The minimum Gasteiger partial charge on any atom is -0.391 e. The summed E-state index contributed by atoms with van der Waals surface area (Å²) >= 11 is 0. The van der Waals surface area contributed by atoms with Crippen molar-refractivity contribution in [1.82, 2.24) is 5.32 Å². The molecule has 0 aromatic rings. The molecule has 41 heavy (non-hydrogen) atoms. The molecule has 0 spiro atoms. The summed E-state index contributed by atoms with van der Waals surface area (Å²) in [4.78, 5) is 12.4. The highest BCUT2D eigenvalue weighted by Crippen LogP contribution is 2.15. The third-order valence-corrected chi connectivity index (χ3v) is 8.75. The van der Waals surface area contributed by atoms with Gasteiger partial charge in [0.2, 0.25) is 5.91 Å². The number of nitrogens with one attached hydrogen (secondary N) is 1. The molecule has 0 saturated carbocycles. The number of rotatable bonds is 31. The van der Waals surface area contributed by atoms with Crippen molar-refractivity contribution < 1.29 is 22.9 Å². The fourth-order valence-corrected chi connectivity index (χ4v) is 6.09. The molecule has 2 unspecified atom stereocenters. The largest absolute Gasteiger partial charge is 0.391 e. The molecule has 0 aliphatic heterocycles. The van der Waals surface area contributed by atoms with Crippen LogP contribution in [0, 0.1) is 0 Å². The standard InChI is InChI=1S/C34H67NO5S/c1-3-5-7-9-11-13-15-17-18-20-22-24-26-28-30-34(37)35-32(31-41(38,39)40)33(36)29-27-25-23-21-19-16-14-12-10-8-6-4-2/h15,17,32-33,36H,3-14,16,18-31H2,1-2H3,(H,35,37)(H,38,39,40)/b17-15-. The lowest BCUT2D eigenvalue weighted by Crippen LogP contribution is -2.47. The number of hydrogen-bond donors (Lipinski definition) is 3. The second-order valence-corrected chi connectivity index (χ2v) is 13.6. The van der Waals surface area contributed by atoms with E-state index in [-0.39, 0.29) is 5.91 Å². The lowest BCUT2D eigenvalue weighted by Gasteiger charge is -2.23. The Labute approximate surface area is 254 Å². The smallest absolute Gasteiger partial charge is 0.266 e. The number of unbranched alkanes of at least 4 members (excludes halogenated alkanes) is 21. The molecule has 2 atom stereocenters. The molecule has 0 bridgehead atoms. The van der Waals surface area contributed by atoms with E-state index in [9.17, 15) is 22.9 Å². The summed E-state index contributed by atoms with van der Waals surface area (Å²) in [5, 5.41) is 13.3. The van der Waals surface area contributed by atoms with Crippen molar-refractivity contribution >= 4 is 16.0 Å². The van der Waals surface area contributed by atoms with Gasteiger partial charge in [0.25, 0.3) is 10.1 Å². The molecule has 0 aromatic carbocycles. The summed E-state index contributed by atoms with van der Waals surface area (Å²) in [6.45, 7) is 4.48. The van der Waals surface area contributed by atoms with E-state index in [0.29, 0.717) is 12.8 Å². The summed E-state index contributed by atoms with van der Waals surface area (Å²) in [5.74, 6) is -0.904. The van der Waals surface area contributed by atoms with Gasteiger partial charge in [-0.1, -0.05) is 148 Å². The number of amides is 1. The zero-order chi connectivity index (χ0) is 30.4. The first-order chi connectivity index (χ1) is 19.8. The van der Waals surface area contributed by atoms with Gasteiger partial charge in [0.05, 0.1) is 17.9 Å².